The molecule has 0 aliphatic carbocycles. The molecule has 3 unspecified atom stereocenters. The van der Waals surface area contributed by atoms with E-state index in [2.05, 4.69) is 15.2 Å². The fourth-order valence-corrected chi connectivity index (χ4v) is 3.96. The smallest absolute Gasteiger partial charge is 0.454 e. The molecular formula is C26H25ClF5N3O5. The summed E-state index contributed by atoms with van der Waals surface area (Å²) < 4.78 is 70.0. The first-order valence-electron chi connectivity index (χ1n) is 11.8. The number of hydrogen-bond acceptors (Lipinski definition) is 5. The normalized spacial score (nSPS) is 14.3. The summed E-state index contributed by atoms with van der Waals surface area (Å²) in [5.41, 5.74) is 1.62. The monoisotopic (exact) mass is 589 g/mol. The van der Waals surface area contributed by atoms with Crippen molar-refractivity contribution in [3.05, 3.63) is 81.2 Å². The van der Waals surface area contributed by atoms with Gasteiger partial charge in [-0.25, -0.2) is 4.79 Å². The number of halogens is 6. The molecule has 1 heterocycles. The van der Waals surface area contributed by atoms with E-state index in [1.54, 1.807) is 42.5 Å². The van der Waals surface area contributed by atoms with Crippen LogP contribution in [-0.4, -0.2) is 57.1 Å². The van der Waals surface area contributed by atoms with Crippen molar-refractivity contribution in [2.24, 2.45) is 7.05 Å². The molecule has 0 radical (unpaired) electrons. The number of nitrogens with zero attached hydrogens (tertiary/aromatic N) is 1. The Kier molecular flexibility index (Phi) is 9.41. The number of alkyl halides is 5. The van der Waals surface area contributed by atoms with E-state index in [4.69, 9.17) is 11.6 Å². The molecule has 0 bridgehead atoms. The summed E-state index contributed by atoms with van der Waals surface area (Å²) in [6.45, 7) is 0.352. The summed E-state index contributed by atoms with van der Waals surface area (Å²) in [5, 5.41) is 15.9. The summed E-state index contributed by atoms with van der Waals surface area (Å²) in [5.74, 6) is -7.85. The first kappa shape index (κ1) is 30.8. The van der Waals surface area contributed by atoms with Crippen LogP contribution in [0.5, 0.6) is 0 Å². The van der Waals surface area contributed by atoms with Crippen molar-refractivity contribution in [2.75, 3.05) is 0 Å². The summed E-state index contributed by atoms with van der Waals surface area (Å²) in [4.78, 5) is 36.6. The second-order valence-corrected chi connectivity index (χ2v) is 9.54. The number of ether oxygens (including phenoxy) is 1. The molecule has 0 fully saturated rings. The average molecular weight is 590 g/mol. The maximum atomic E-state index is 13.5. The molecule has 0 saturated carbocycles. The van der Waals surface area contributed by atoms with Crippen molar-refractivity contribution in [3.8, 4) is 11.1 Å². The third-order valence-electron chi connectivity index (χ3n) is 6.02. The Bertz CT molecular complexity index is 1400. The zero-order valence-electron chi connectivity index (χ0n) is 21.1. The Hall–Kier alpha value is -3.71. The first-order valence-corrected chi connectivity index (χ1v) is 12.2. The molecule has 0 aliphatic rings. The van der Waals surface area contributed by atoms with Gasteiger partial charge in [0, 0.05) is 30.6 Å². The van der Waals surface area contributed by atoms with Crippen LogP contribution in [-0.2, 0) is 23.0 Å². The molecule has 3 N–H and O–H groups in total. The number of carbonyl (C=O) groups is 2. The molecule has 0 spiro atoms. The fourth-order valence-electron chi connectivity index (χ4n) is 3.77. The van der Waals surface area contributed by atoms with E-state index < -0.39 is 54.2 Å². The van der Waals surface area contributed by atoms with Gasteiger partial charge in [-0.3, -0.25) is 19.4 Å². The van der Waals surface area contributed by atoms with Crippen LogP contribution in [0.2, 0.25) is 5.02 Å². The van der Waals surface area contributed by atoms with E-state index in [0.29, 0.717) is 17.5 Å². The topological polar surface area (TPSA) is 113 Å². The van der Waals surface area contributed by atoms with Crippen LogP contribution >= 0.6 is 11.6 Å². The van der Waals surface area contributed by atoms with Crippen molar-refractivity contribution < 1.29 is 41.4 Å². The maximum absolute atomic E-state index is 13.5. The molecule has 216 valence electrons. The number of nitrogens with one attached hydrogen (secondary N) is 2. The second kappa shape index (κ2) is 12.2. The van der Waals surface area contributed by atoms with Crippen LogP contribution in [0.3, 0.4) is 0 Å². The van der Waals surface area contributed by atoms with Gasteiger partial charge in [0.15, 0.2) is 12.2 Å². The molecule has 40 heavy (non-hydrogen) atoms. The van der Waals surface area contributed by atoms with Crippen LogP contribution in [0.4, 0.5) is 22.0 Å². The predicted molar refractivity (Wildman–Crippen MR) is 135 cm³/mol. The van der Waals surface area contributed by atoms with E-state index >= 15 is 0 Å². The lowest BCUT2D eigenvalue weighted by atomic mass is 9.97. The lowest BCUT2D eigenvalue weighted by molar-refractivity contribution is -0.312. The lowest BCUT2D eigenvalue weighted by Crippen LogP contribution is -2.49. The van der Waals surface area contributed by atoms with Crippen LogP contribution in [0.1, 0.15) is 29.4 Å². The van der Waals surface area contributed by atoms with Gasteiger partial charge in [0.2, 0.25) is 0 Å². The van der Waals surface area contributed by atoms with Gasteiger partial charge in [0.1, 0.15) is 5.69 Å². The SMILES string of the molecule is CC(OC(=O)C(O)CC(Cc1ccc(-c2cccc(Cl)c2)cc1)NC(=O)c1cc(=O)n(C)[nH]1)C(F)(F)C(F)(F)F. The van der Waals surface area contributed by atoms with Crippen molar-refractivity contribution in [1.29, 1.82) is 0 Å². The van der Waals surface area contributed by atoms with Crippen LogP contribution in [0, 0.1) is 0 Å². The number of aromatic amines is 1. The number of esters is 1. The van der Waals surface area contributed by atoms with Gasteiger partial charge < -0.3 is 15.2 Å². The molecule has 3 rings (SSSR count). The van der Waals surface area contributed by atoms with Gasteiger partial charge in [-0.2, -0.15) is 22.0 Å². The largest absolute Gasteiger partial charge is 0.457 e. The predicted octanol–water partition coefficient (Wildman–Crippen LogP) is 4.26. The number of aliphatic hydroxyl groups is 1. The average Bonchev–Trinajstić information content (AvgIpc) is 3.21. The summed E-state index contributed by atoms with van der Waals surface area (Å²) in [6.07, 6.45) is -11.6. The minimum atomic E-state index is -5.97. The minimum Gasteiger partial charge on any atom is -0.454 e. The summed E-state index contributed by atoms with van der Waals surface area (Å²) in [6, 6.07) is 14.0. The number of aryl methyl sites for hydroxylation is 1. The highest BCUT2D eigenvalue weighted by atomic mass is 35.5. The van der Waals surface area contributed by atoms with Crippen LogP contribution in [0.15, 0.2) is 59.4 Å². The number of hydrogen-bond donors (Lipinski definition) is 3. The highest BCUT2D eigenvalue weighted by molar-refractivity contribution is 6.30. The van der Waals surface area contributed by atoms with E-state index in [-0.39, 0.29) is 12.1 Å². The number of amides is 1. The molecule has 1 amide bonds. The van der Waals surface area contributed by atoms with Gasteiger partial charge >= 0.3 is 18.1 Å². The second-order valence-electron chi connectivity index (χ2n) is 9.10. The summed E-state index contributed by atoms with van der Waals surface area (Å²) in [7, 11) is 1.37. The number of H-pyrrole nitrogens is 1. The standard InChI is InChI=1S/C26H25ClF5N3O5/c1-14(25(28,29)26(30,31)32)40-24(39)21(36)12-19(33-23(38)20-13-22(37)35(2)34-20)10-15-6-8-16(9-7-15)17-4-3-5-18(27)11-17/h3-9,11,13-14,19,21,34,36H,10,12H2,1-2H3,(H,33,38). The number of benzene rings is 2. The quantitative estimate of drug-likeness (QED) is 0.242. The number of aliphatic hydroxyl groups excluding tert-OH is 1. The highest BCUT2D eigenvalue weighted by Crippen LogP contribution is 2.39. The Morgan fingerprint density at radius 3 is 2.27 bits per heavy atom. The van der Waals surface area contributed by atoms with Gasteiger partial charge in [-0.05, 0) is 42.2 Å². The molecule has 0 saturated heterocycles. The van der Waals surface area contributed by atoms with Crippen molar-refractivity contribution in [3.63, 3.8) is 0 Å². The fraction of sp³-hybridized carbons (Fsp3) is 0.346. The van der Waals surface area contributed by atoms with E-state index in [9.17, 15) is 41.4 Å². The molecule has 3 atom stereocenters. The van der Waals surface area contributed by atoms with Gasteiger partial charge in [-0.15, -0.1) is 0 Å². The first-order chi connectivity index (χ1) is 18.6. The van der Waals surface area contributed by atoms with Crippen molar-refractivity contribution >= 4 is 23.5 Å². The van der Waals surface area contributed by atoms with Crippen molar-refractivity contribution in [2.45, 2.75) is 50.1 Å². The molecule has 1 aromatic heterocycles. The van der Waals surface area contributed by atoms with Gasteiger partial charge in [0.05, 0.1) is 0 Å². The third-order valence-corrected chi connectivity index (χ3v) is 6.26. The van der Waals surface area contributed by atoms with Crippen molar-refractivity contribution in [1.82, 2.24) is 15.1 Å². The molecule has 3 aromatic rings. The zero-order valence-corrected chi connectivity index (χ0v) is 21.9. The van der Waals surface area contributed by atoms with E-state index in [1.165, 1.54) is 7.05 Å². The Morgan fingerprint density at radius 2 is 1.73 bits per heavy atom. The Balaban J connectivity index is 1.77. The number of rotatable bonds is 10. The van der Waals surface area contributed by atoms with E-state index in [0.717, 1.165) is 21.9 Å². The number of aromatic nitrogens is 2. The maximum Gasteiger partial charge on any atom is 0.457 e. The lowest BCUT2D eigenvalue weighted by Gasteiger charge is -2.27. The molecule has 8 nitrogen and oxygen atoms in total. The highest BCUT2D eigenvalue weighted by Gasteiger charge is 2.62. The molecule has 0 aliphatic heterocycles. The molecule has 14 heteroatoms. The number of carbonyl (C=O) groups excluding carboxylic acids is 2. The van der Waals surface area contributed by atoms with Crippen LogP contribution in [0.25, 0.3) is 11.1 Å². The zero-order chi connectivity index (χ0) is 29.8. The van der Waals surface area contributed by atoms with E-state index in [1.807, 2.05) is 6.07 Å². The molecular weight excluding hydrogens is 565 g/mol. The third kappa shape index (κ3) is 7.48. The van der Waals surface area contributed by atoms with Gasteiger partial charge in [0.25, 0.3) is 11.5 Å². The summed E-state index contributed by atoms with van der Waals surface area (Å²) >= 11 is 6.04. The van der Waals surface area contributed by atoms with Crippen LogP contribution < -0.4 is 10.9 Å². The molecule has 2 aromatic carbocycles. The minimum absolute atomic E-state index is 0.0111. The Labute approximate surface area is 229 Å². The van der Waals surface area contributed by atoms with Gasteiger partial charge in [-0.1, -0.05) is 48.0 Å². The Morgan fingerprint density at radius 1 is 1.07 bits per heavy atom.